The zero-order valence-electron chi connectivity index (χ0n) is 8.90. The topological polar surface area (TPSA) is 18.5 Å². The predicted octanol–water partition coefficient (Wildman–Crippen LogP) is 2.80. The summed E-state index contributed by atoms with van der Waals surface area (Å²) in [7, 11) is -0.968. The summed E-state index contributed by atoms with van der Waals surface area (Å²) >= 11 is 0. The Balaban J connectivity index is 2.16. The lowest BCUT2D eigenvalue weighted by Crippen LogP contribution is -2.16. The summed E-state index contributed by atoms with van der Waals surface area (Å²) in [5.74, 6) is 0.880. The van der Waals surface area contributed by atoms with Crippen molar-refractivity contribution in [2.24, 2.45) is 0 Å². The first-order chi connectivity index (χ1) is 6.83. The molecule has 1 unspecified atom stereocenters. The molecule has 0 N–H and O–H groups in total. The lowest BCUT2D eigenvalue weighted by atomic mass is 10.3. The van der Waals surface area contributed by atoms with E-state index in [1.54, 1.807) is 0 Å². The molecule has 0 aliphatic heterocycles. The molecule has 0 fully saturated rings. The summed E-state index contributed by atoms with van der Waals surface area (Å²) in [6.45, 7) is 4.79. The molecule has 0 amide bonds. The maximum Gasteiger partial charge on any atom is 0.179 e. The molecule has 14 heavy (non-hydrogen) atoms. The average molecular weight is 210 g/mol. The lowest BCUT2D eigenvalue weighted by molar-refractivity contribution is 0.119. The molecule has 0 aliphatic carbocycles. The van der Waals surface area contributed by atoms with Crippen LogP contribution in [-0.2, 0) is 4.43 Å². The van der Waals surface area contributed by atoms with E-state index in [-0.39, 0.29) is 0 Å². The second kappa shape index (κ2) is 6.62. The fourth-order valence-corrected chi connectivity index (χ4v) is 2.50. The molecule has 1 atom stereocenters. The van der Waals surface area contributed by atoms with E-state index in [1.807, 2.05) is 30.3 Å². The standard InChI is InChI=1S/C11H18O2Si/c1-3-9-14(2)13-10-12-11-7-5-4-6-8-11/h4-8,14H,3,9-10H2,1-2H3. The van der Waals surface area contributed by atoms with Crippen molar-refractivity contribution in [1.82, 2.24) is 0 Å². The normalized spacial score (nSPS) is 12.4. The van der Waals surface area contributed by atoms with E-state index in [0.717, 1.165) is 5.75 Å². The summed E-state index contributed by atoms with van der Waals surface area (Å²) in [6, 6.07) is 11.0. The number of hydrogen-bond acceptors (Lipinski definition) is 2. The molecule has 3 heteroatoms. The molecular weight excluding hydrogens is 192 g/mol. The molecule has 0 radical (unpaired) electrons. The lowest BCUT2D eigenvalue weighted by Gasteiger charge is -2.11. The van der Waals surface area contributed by atoms with Crippen LogP contribution >= 0.6 is 0 Å². The summed E-state index contributed by atoms with van der Waals surface area (Å²) in [4.78, 5) is 0. The van der Waals surface area contributed by atoms with Crippen molar-refractivity contribution in [3.63, 3.8) is 0 Å². The number of para-hydroxylation sites is 1. The van der Waals surface area contributed by atoms with Crippen molar-refractivity contribution in [2.75, 3.05) is 6.79 Å². The maximum atomic E-state index is 5.60. The van der Waals surface area contributed by atoms with Crippen LogP contribution in [-0.4, -0.2) is 15.8 Å². The monoisotopic (exact) mass is 210 g/mol. The smallest absolute Gasteiger partial charge is 0.179 e. The van der Waals surface area contributed by atoms with Crippen molar-refractivity contribution < 1.29 is 9.16 Å². The van der Waals surface area contributed by atoms with Gasteiger partial charge in [-0.05, 0) is 24.7 Å². The maximum absolute atomic E-state index is 5.60. The molecule has 1 aromatic carbocycles. The summed E-state index contributed by atoms with van der Waals surface area (Å²) in [6.07, 6.45) is 1.21. The SMILES string of the molecule is CCC[SiH](C)OCOc1ccccc1. The first kappa shape index (κ1) is 11.3. The Bertz CT molecular complexity index is 238. The van der Waals surface area contributed by atoms with Gasteiger partial charge >= 0.3 is 0 Å². The second-order valence-electron chi connectivity index (χ2n) is 3.34. The molecule has 78 valence electrons. The van der Waals surface area contributed by atoms with Crippen LogP contribution in [0.2, 0.25) is 12.6 Å². The van der Waals surface area contributed by atoms with Crippen LogP contribution in [0.1, 0.15) is 13.3 Å². The first-order valence-corrected chi connectivity index (χ1v) is 7.56. The van der Waals surface area contributed by atoms with Crippen molar-refractivity contribution in [2.45, 2.75) is 25.9 Å². The fraction of sp³-hybridized carbons (Fsp3) is 0.455. The molecule has 1 rings (SSSR count). The van der Waals surface area contributed by atoms with Crippen LogP contribution in [0.4, 0.5) is 0 Å². The predicted molar refractivity (Wildman–Crippen MR) is 61.1 cm³/mol. The van der Waals surface area contributed by atoms with Gasteiger partial charge in [0.15, 0.2) is 15.8 Å². The summed E-state index contributed by atoms with van der Waals surface area (Å²) in [5, 5.41) is 0. The summed E-state index contributed by atoms with van der Waals surface area (Å²) < 4.78 is 11.0. The molecule has 0 saturated heterocycles. The van der Waals surface area contributed by atoms with E-state index in [9.17, 15) is 0 Å². The third-order valence-corrected chi connectivity index (χ3v) is 4.11. The number of ether oxygens (including phenoxy) is 1. The van der Waals surface area contributed by atoms with Gasteiger partial charge in [0.05, 0.1) is 0 Å². The van der Waals surface area contributed by atoms with Crippen molar-refractivity contribution in [3.8, 4) is 5.75 Å². The van der Waals surface area contributed by atoms with E-state index in [0.29, 0.717) is 6.79 Å². The number of benzene rings is 1. The summed E-state index contributed by atoms with van der Waals surface area (Å²) in [5.41, 5.74) is 0. The highest BCUT2D eigenvalue weighted by Crippen LogP contribution is 2.08. The molecule has 0 aromatic heterocycles. The van der Waals surface area contributed by atoms with Crippen molar-refractivity contribution in [3.05, 3.63) is 30.3 Å². The van der Waals surface area contributed by atoms with Crippen LogP contribution in [0, 0.1) is 0 Å². The number of hydrogen-bond donors (Lipinski definition) is 0. The highest BCUT2D eigenvalue weighted by Gasteiger charge is 2.02. The second-order valence-corrected chi connectivity index (χ2v) is 5.87. The van der Waals surface area contributed by atoms with Gasteiger partial charge in [-0.15, -0.1) is 0 Å². The van der Waals surface area contributed by atoms with Gasteiger partial charge in [-0.1, -0.05) is 31.5 Å². The van der Waals surface area contributed by atoms with E-state index in [4.69, 9.17) is 9.16 Å². The quantitative estimate of drug-likeness (QED) is 0.531. The third-order valence-electron chi connectivity index (χ3n) is 2.02. The van der Waals surface area contributed by atoms with E-state index < -0.39 is 9.04 Å². The first-order valence-electron chi connectivity index (χ1n) is 5.12. The van der Waals surface area contributed by atoms with Gasteiger partial charge in [-0.2, -0.15) is 0 Å². The van der Waals surface area contributed by atoms with Crippen LogP contribution in [0.25, 0.3) is 0 Å². The van der Waals surface area contributed by atoms with Crippen molar-refractivity contribution in [1.29, 1.82) is 0 Å². The Morgan fingerprint density at radius 1 is 1.21 bits per heavy atom. The highest BCUT2D eigenvalue weighted by molar-refractivity contribution is 6.50. The Morgan fingerprint density at radius 2 is 1.93 bits per heavy atom. The van der Waals surface area contributed by atoms with Gasteiger partial charge in [0.25, 0.3) is 0 Å². The largest absolute Gasteiger partial charge is 0.469 e. The van der Waals surface area contributed by atoms with E-state index in [2.05, 4.69) is 13.5 Å². The molecule has 0 spiro atoms. The Hall–Kier alpha value is -0.803. The van der Waals surface area contributed by atoms with Gasteiger partial charge in [-0.25, -0.2) is 0 Å². The van der Waals surface area contributed by atoms with Crippen molar-refractivity contribution >= 4 is 9.04 Å². The number of rotatable bonds is 6. The highest BCUT2D eigenvalue weighted by atomic mass is 28.3. The molecule has 0 bridgehead atoms. The van der Waals surface area contributed by atoms with E-state index >= 15 is 0 Å². The third kappa shape index (κ3) is 4.44. The van der Waals surface area contributed by atoms with E-state index in [1.165, 1.54) is 12.5 Å². The molecule has 0 saturated carbocycles. The molecule has 0 heterocycles. The zero-order chi connectivity index (χ0) is 10.2. The van der Waals surface area contributed by atoms with Crippen LogP contribution in [0.3, 0.4) is 0 Å². The van der Waals surface area contributed by atoms with Gasteiger partial charge in [0.2, 0.25) is 0 Å². The molecule has 0 aliphatic rings. The average Bonchev–Trinajstić information content (AvgIpc) is 2.20. The molecule has 1 aromatic rings. The Kier molecular flexibility index (Phi) is 5.33. The molecular formula is C11H18O2Si. The van der Waals surface area contributed by atoms with Gasteiger partial charge < -0.3 is 9.16 Å². The van der Waals surface area contributed by atoms with Gasteiger partial charge in [0.1, 0.15) is 5.75 Å². The Labute approximate surface area is 87.6 Å². The van der Waals surface area contributed by atoms with Gasteiger partial charge in [0, 0.05) is 0 Å². The minimum Gasteiger partial charge on any atom is -0.469 e. The minimum atomic E-state index is -0.968. The molecule has 2 nitrogen and oxygen atoms in total. The van der Waals surface area contributed by atoms with Crippen LogP contribution in [0.5, 0.6) is 5.75 Å². The Morgan fingerprint density at radius 3 is 2.57 bits per heavy atom. The fourth-order valence-electron chi connectivity index (χ4n) is 1.22. The minimum absolute atomic E-state index is 0.400. The van der Waals surface area contributed by atoms with Gasteiger partial charge in [-0.3, -0.25) is 0 Å². The van der Waals surface area contributed by atoms with Crippen LogP contribution in [0.15, 0.2) is 30.3 Å². The van der Waals surface area contributed by atoms with Crippen LogP contribution < -0.4 is 4.74 Å². The zero-order valence-corrected chi connectivity index (χ0v) is 10.1.